The van der Waals surface area contributed by atoms with E-state index in [4.69, 9.17) is 28.4 Å². The molecule has 1 fully saturated rings. The van der Waals surface area contributed by atoms with Crippen LogP contribution in [0.2, 0.25) is 0 Å². The quantitative estimate of drug-likeness (QED) is 0.204. The fraction of sp³-hybridized carbons (Fsp3) is 0.562. The molecule has 0 N–H and O–H groups in total. The van der Waals surface area contributed by atoms with Gasteiger partial charge in [0.15, 0.2) is 0 Å². The summed E-state index contributed by atoms with van der Waals surface area (Å²) in [5, 5.41) is 0. The molecular formula is C32H44O8. The monoisotopic (exact) mass is 556 g/mol. The Morgan fingerprint density at radius 1 is 0.600 bits per heavy atom. The summed E-state index contributed by atoms with van der Waals surface area (Å²) >= 11 is 0. The fourth-order valence-corrected chi connectivity index (χ4v) is 4.54. The van der Waals surface area contributed by atoms with E-state index in [0.29, 0.717) is 73.7 Å². The van der Waals surface area contributed by atoms with Crippen LogP contribution in [0.25, 0.3) is 0 Å². The molecule has 0 radical (unpaired) electrons. The van der Waals surface area contributed by atoms with Gasteiger partial charge in [0.2, 0.25) is 0 Å². The van der Waals surface area contributed by atoms with Crippen molar-refractivity contribution in [3.8, 4) is 23.0 Å². The van der Waals surface area contributed by atoms with Crippen molar-refractivity contribution in [3.63, 3.8) is 0 Å². The van der Waals surface area contributed by atoms with Crippen LogP contribution < -0.4 is 18.9 Å². The zero-order valence-corrected chi connectivity index (χ0v) is 24.6. The highest BCUT2D eigenvalue weighted by molar-refractivity contribution is 5.77. The van der Waals surface area contributed by atoms with Gasteiger partial charge < -0.3 is 28.4 Å². The van der Waals surface area contributed by atoms with Gasteiger partial charge in [-0.25, -0.2) is 0 Å². The van der Waals surface area contributed by atoms with Crippen LogP contribution in [-0.2, 0) is 19.1 Å². The van der Waals surface area contributed by atoms with Crippen molar-refractivity contribution in [1.82, 2.24) is 0 Å². The second kappa shape index (κ2) is 15.6. The average molecular weight is 557 g/mol. The summed E-state index contributed by atoms with van der Waals surface area (Å²) in [7, 11) is 3.30. The van der Waals surface area contributed by atoms with Crippen molar-refractivity contribution >= 4 is 11.9 Å². The Kier molecular flexibility index (Phi) is 12.3. The Bertz CT molecular complexity index is 954. The molecule has 8 nitrogen and oxygen atoms in total. The Morgan fingerprint density at radius 2 is 0.900 bits per heavy atom. The van der Waals surface area contributed by atoms with Crippen molar-refractivity contribution in [2.75, 3.05) is 27.4 Å². The van der Waals surface area contributed by atoms with Crippen molar-refractivity contribution in [2.24, 2.45) is 23.7 Å². The first-order chi connectivity index (χ1) is 19.2. The standard InChI is InChI=1S/C32H44O8/c1-21(2)29(19-35-5)37-25-11-15-27(16-12-25)39-31(33)23-7-9-24(10-8-23)32(34)40-28-17-13-26(14-18-28)38-30(20-36-6)22(3)4/h11-18,21-24,29-30H,7-10,19-20H2,1-6H3. The Balaban J connectivity index is 1.44. The molecule has 1 saturated carbocycles. The Morgan fingerprint density at radius 3 is 1.18 bits per heavy atom. The van der Waals surface area contributed by atoms with E-state index < -0.39 is 0 Å². The molecule has 2 atom stereocenters. The molecule has 0 spiro atoms. The van der Waals surface area contributed by atoms with Gasteiger partial charge in [-0.15, -0.1) is 0 Å². The van der Waals surface area contributed by atoms with Gasteiger partial charge >= 0.3 is 11.9 Å². The first-order valence-corrected chi connectivity index (χ1v) is 14.1. The summed E-state index contributed by atoms with van der Waals surface area (Å²) in [6, 6.07) is 14.1. The number of benzene rings is 2. The smallest absolute Gasteiger partial charge is 0.314 e. The third kappa shape index (κ3) is 9.52. The SMILES string of the molecule is COCC(Oc1ccc(OC(=O)C2CCC(C(=O)Oc3ccc(OC(COC)C(C)C)cc3)CC2)cc1)C(C)C. The lowest BCUT2D eigenvalue weighted by atomic mass is 9.82. The third-order valence-electron chi connectivity index (χ3n) is 7.20. The molecule has 0 aromatic heterocycles. The van der Waals surface area contributed by atoms with E-state index in [1.165, 1.54) is 0 Å². The van der Waals surface area contributed by atoms with E-state index in [0.717, 1.165) is 0 Å². The maximum atomic E-state index is 12.8. The lowest BCUT2D eigenvalue weighted by Crippen LogP contribution is -2.30. The van der Waals surface area contributed by atoms with Crippen molar-refractivity contribution in [1.29, 1.82) is 0 Å². The molecule has 1 aliphatic rings. The molecule has 0 heterocycles. The molecule has 2 aromatic rings. The van der Waals surface area contributed by atoms with Crippen LogP contribution in [0.15, 0.2) is 48.5 Å². The average Bonchev–Trinajstić information content (AvgIpc) is 2.94. The minimum atomic E-state index is -0.274. The number of methoxy groups -OCH3 is 2. The van der Waals surface area contributed by atoms with Crippen LogP contribution >= 0.6 is 0 Å². The molecule has 3 rings (SSSR count). The van der Waals surface area contributed by atoms with Gasteiger partial charge in [0.05, 0.1) is 25.0 Å². The molecule has 0 saturated heterocycles. The van der Waals surface area contributed by atoms with Gasteiger partial charge in [0.1, 0.15) is 35.2 Å². The molecule has 2 aromatic carbocycles. The van der Waals surface area contributed by atoms with Crippen LogP contribution in [0.3, 0.4) is 0 Å². The minimum absolute atomic E-state index is 0.0581. The Labute approximate surface area is 238 Å². The second-order valence-electron chi connectivity index (χ2n) is 11.0. The number of carbonyl (C=O) groups is 2. The highest BCUT2D eigenvalue weighted by Crippen LogP contribution is 2.32. The molecule has 8 heteroatoms. The normalized spacial score (nSPS) is 18.7. The first kappa shape index (κ1) is 31.4. The van der Waals surface area contributed by atoms with Crippen molar-refractivity contribution < 1.29 is 38.0 Å². The van der Waals surface area contributed by atoms with Crippen molar-refractivity contribution in [2.45, 2.75) is 65.6 Å². The highest BCUT2D eigenvalue weighted by Gasteiger charge is 2.32. The Hall–Kier alpha value is -3.10. The van der Waals surface area contributed by atoms with Crippen molar-refractivity contribution in [3.05, 3.63) is 48.5 Å². The van der Waals surface area contributed by atoms with Crippen LogP contribution in [0.5, 0.6) is 23.0 Å². The minimum Gasteiger partial charge on any atom is -0.488 e. The molecule has 220 valence electrons. The number of carbonyl (C=O) groups excluding carboxylic acids is 2. The van der Waals surface area contributed by atoms with E-state index in [-0.39, 0.29) is 36.0 Å². The lowest BCUT2D eigenvalue weighted by Gasteiger charge is -2.26. The molecular weight excluding hydrogens is 512 g/mol. The number of rotatable bonds is 14. The predicted molar refractivity (Wildman–Crippen MR) is 152 cm³/mol. The molecule has 1 aliphatic carbocycles. The van der Waals surface area contributed by atoms with Gasteiger partial charge in [0.25, 0.3) is 0 Å². The van der Waals surface area contributed by atoms with E-state index in [9.17, 15) is 9.59 Å². The van der Waals surface area contributed by atoms with Crippen LogP contribution in [0.1, 0.15) is 53.4 Å². The maximum absolute atomic E-state index is 12.8. The summed E-state index contributed by atoms with van der Waals surface area (Å²) in [6.07, 6.45) is 2.20. The predicted octanol–water partition coefficient (Wildman–Crippen LogP) is 6.10. The molecule has 0 amide bonds. The van der Waals surface area contributed by atoms with Gasteiger partial charge in [0, 0.05) is 14.2 Å². The summed E-state index contributed by atoms with van der Waals surface area (Å²) in [6.45, 7) is 9.31. The lowest BCUT2D eigenvalue weighted by molar-refractivity contribution is -0.145. The maximum Gasteiger partial charge on any atom is 0.314 e. The van der Waals surface area contributed by atoms with Gasteiger partial charge in [-0.05, 0) is 86.1 Å². The summed E-state index contributed by atoms with van der Waals surface area (Å²) < 4.78 is 33.7. The zero-order chi connectivity index (χ0) is 29.1. The molecule has 2 unspecified atom stereocenters. The fourth-order valence-electron chi connectivity index (χ4n) is 4.54. The third-order valence-corrected chi connectivity index (χ3v) is 7.20. The van der Waals surface area contributed by atoms with Gasteiger partial charge in [-0.1, -0.05) is 27.7 Å². The van der Waals surface area contributed by atoms with E-state index in [1.807, 2.05) is 0 Å². The van der Waals surface area contributed by atoms with E-state index >= 15 is 0 Å². The number of hydrogen-bond acceptors (Lipinski definition) is 8. The summed E-state index contributed by atoms with van der Waals surface area (Å²) in [4.78, 5) is 25.5. The van der Waals surface area contributed by atoms with Gasteiger partial charge in [-0.2, -0.15) is 0 Å². The topological polar surface area (TPSA) is 89.5 Å². The number of esters is 2. The van der Waals surface area contributed by atoms with Gasteiger partial charge in [-0.3, -0.25) is 9.59 Å². The zero-order valence-electron chi connectivity index (χ0n) is 24.6. The largest absolute Gasteiger partial charge is 0.488 e. The summed E-state index contributed by atoms with van der Waals surface area (Å²) in [5.41, 5.74) is 0. The van der Waals surface area contributed by atoms with Crippen LogP contribution in [0, 0.1) is 23.7 Å². The first-order valence-electron chi connectivity index (χ1n) is 14.1. The number of hydrogen-bond donors (Lipinski definition) is 0. The summed E-state index contributed by atoms with van der Waals surface area (Å²) in [5.74, 6) is 1.90. The highest BCUT2D eigenvalue weighted by atomic mass is 16.5. The van der Waals surface area contributed by atoms with Crippen LogP contribution in [-0.4, -0.2) is 51.6 Å². The van der Waals surface area contributed by atoms with Crippen LogP contribution in [0.4, 0.5) is 0 Å². The van der Waals surface area contributed by atoms with E-state index in [2.05, 4.69) is 27.7 Å². The second-order valence-corrected chi connectivity index (χ2v) is 11.0. The molecule has 0 bridgehead atoms. The number of ether oxygens (including phenoxy) is 6. The van der Waals surface area contributed by atoms with E-state index in [1.54, 1.807) is 62.8 Å². The molecule has 0 aliphatic heterocycles. The molecule has 40 heavy (non-hydrogen) atoms.